The number of rotatable bonds is 12. The van der Waals surface area contributed by atoms with Crippen LogP contribution in [0.2, 0.25) is 0 Å². The van der Waals surface area contributed by atoms with Gasteiger partial charge in [0.2, 0.25) is 6.29 Å². The predicted octanol–water partition coefficient (Wildman–Crippen LogP) is 4.04. The summed E-state index contributed by atoms with van der Waals surface area (Å²) in [5.41, 5.74) is -3.25. The lowest BCUT2D eigenvalue weighted by molar-refractivity contribution is -0.196. The van der Waals surface area contributed by atoms with Crippen LogP contribution in [0, 0.1) is 0 Å². The van der Waals surface area contributed by atoms with Crippen LogP contribution in [0.4, 0.5) is 8.78 Å². The summed E-state index contributed by atoms with van der Waals surface area (Å²) >= 11 is 0. The molecule has 0 aliphatic carbocycles. The maximum absolute atomic E-state index is 15.1. The fourth-order valence-electron chi connectivity index (χ4n) is 3.32. The summed E-state index contributed by atoms with van der Waals surface area (Å²) in [4.78, 5) is 23.2. The second kappa shape index (κ2) is 12.0. The number of esters is 2. The summed E-state index contributed by atoms with van der Waals surface area (Å²) in [6.07, 6.45) is -6.70. The molecule has 0 unspecified atom stereocenters. The molecule has 0 saturated carbocycles. The van der Waals surface area contributed by atoms with Crippen molar-refractivity contribution in [2.75, 3.05) is 13.2 Å². The van der Waals surface area contributed by atoms with Crippen molar-refractivity contribution in [3.63, 3.8) is 0 Å². The minimum absolute atomic E-state index is 0.0317. The lowest BCUT2D eigenvalue weighted by atomic mass is 10.1. The van der Waals surface area contributed by atoms with Crippen LogP contribution in [0.15, 0.2) is 30.3 Å². The molecule has 0 aromatic heterocycles. The third kappa shape index (κ3) is 7.28. The van der Waals surface area contributed by atoms with E-state index >= 15 is 8.78 Å². The summed E-state index contributed by atoms with van der Waals surface area (Å²) < 4.78 is 74.3. The van der Waals surface area contributed by atoms with Crippen molar-refractivity contribution in [3.05, 3.63) is 35.9 Å². The average Bonchev–Trinajstić information content (AvgIpc) is 3.01. The Balaban J connectivity index is 2.34. The Kier molecular flexibility index (Phi) is 9.93. The van der Waals surface area contributed by atoms with E-state index in [1.165, 1.54) is 13.8 Å². The molecule has 1 aromatic rings. The van der Waals surface area contributed by atoms with E-state index in [0.717, 1.165) is 19.4 Å². The van der Waals surface area contributed by atoms with E-state index in [9.17, 15) is 14.2 Å². The normalized spacial score (nSPS) is 23.3. The highest BCUT2D eigenvalue weighted by atomic mass is 31.2. The zero-order chi connectivity index (χ0) is 24.6. The van der Waals surface area contributed by atoms with Crippen molar-refractivity contribution in [2.45, 2.75) is 71.0 Å². The van der Waals surface area contributed by atoms with Gasteiger partial charge in [0.1, 0.15) is 6.10 Å². The van der Waals surface area contributed by atoms with Gasteiger partial charge in [0.15, 0.2) is 6.10 Å². The number of hydrogen-bond acceptors (Lipinski definition) is 9. The third-order valence-corrected chi connectivity index (χ3v) is 6.76. The Hall–Kier alpha value is -1.91. The molecule has 1 aliphatic heterocycles. The van der Waals surface area contributed by atoms with Crippen LogP contribution in [0.25, 0.3) is 0 Å². The molecule has 1 heterocycles. The molecule has 1 saturated heterocycles. The highest BCUT2D eigenvalue weighted by Gasteiger charge is 2.59. The number of hydrogen-bond donors (Lipinski definition) is 0. The average molecular weight is 494 g/mol. The monoisotopic (exact) mass is 494 g/mol. The zero-order valence-electron chi connectivity index (χ0n) is 18.9. The van der Waals surface area contributed by atoms with Crippen LogP contribution in [-0.4, -0.2) is 55.4 Å². The van der Waals surface area contributed by atoms with Crippen LogP contribution in [-0.2, 0) is 48.8 Å². The van der Waals surface area contributed by atoms with Gasteiger partial charge in [-0.3, -0.25) is 14.2 Å². The van der Waals surface area contributed by atoms with E-state index in [0.29, 0.717) is 0 Å². The Labute approximate surface area is 191 Å². The lowest BCUT2D eigenvalue weighted by Gasteiger charge is -2.29. The van der Waals surface area contributed by atoms with Crippen LogP contribution >= 0.6 is 7.60 Å². The third-order valence-electron chi connectivity index (χ3n) is 4.58. The smallest absolute Gasteiger partial charge is 0.399 e. The maximum Gasteiger partial charge on any atom is 0.399 e. The van der Waals surface area contributed by atoms with Crippen molar-refractivity contribution in [1.82, 2.24) is 0 Å². The molecular formula is C21H29F2O9P. The molecule has 1 fully saturated rings. The summed E-state index contributed by atoms with van der Waals surface area (Å²) in [5.74, 6) is -1.53. The molecular weight excluding hydrogens is 465 g/mol. The van der Waals surface area contributed by atoms with Gasteiger partial charge in [-0.05, 0) is 19.4 Å². The summed E-state index contributed by atoms with van der Waals surface area (Å²) in [6, 6.07) is 8.83. The molecule has 12 heteroatoms. The first-order chi connectivity index (χ1) is 15.5. The minimum atomic E-state index is -4.86. The number of ether oxygens (including phenoxy) is 4. The first-order valence-corrected chi connectivity index (χ1v) is 12.0. The molecule has 2 rings (SSSR count). The Morgan fingerprint density at radius 2 is 1.58 bits per heavy atom. The minimum Gasteiger partial charge on any atom is -0.453 e. The van der Waals surface area contributed by atoms with Crippen LogP contribution in [0.1, 0.15) is 39.7 Å². The van der Waals surface area contributed by atoms with Gasteiger partial charge >= 0.3 is 25.2 Å². The first kappa shape index (κ1) is 27.3. The van der Waals surface area contributed by atoms with Gasteiger partial charge in [-0.15, -0.1) is 0 Å². The van der Waals surface area contributed by atoms with E-state index < -0.39 is 56.2 Å². The fourth-order valence-corrected chi connectivity index (χ4v) is 4.85. The summed E-state index contributed by atoms with van der Waals surface area (Å²) in [6.45, 7) is 4.46. The molecule has 0 radical (unpaired) electrons. The molecule has 33 heavy (non-hydrogen) atoms. The van der Waals surface area contributed by atoms with Crippen molar-refractivity contribution in [1.29, 1.82) is 0 Å². The molecule has 0 spiro atoms. The number of carbonyl (C=O) groups is 2. The van der Waals surface area contributed by atoms with Gasteiger partial charge in [0, 0.05) is 13.8 Å². The van der Waals surface area contributed by atoms with E-state index in [1.54, 1.807) is 30.3 Å². The van der Waals surface area contributed by atoms with Gasteiger partial charge in [0.05, 0.1) is 32.3 Å². The molecule has 0 bridgehead atoms. The molecule has 186 valence electrons. The molecule has 0 N–H and O–H groups in total. The van der Waals surface area contributed by atoms with Crippen LogP contribution < -0.4 is 0 Å². The van der Waals surface area contributed by atoms with E-state index in [1.807, 2.05) is 0 Å². The lowest BCUT2D eigenvalue weighted by Crippen LogP contribution is -2.41. The Bertz CT molecular complexity index is 826. The van der Waals surface area contributed by atoms with Gasteiger partial charge in [-0.25, -0.2) is 0 Å². The van der Waals surface area contributed by atoms with Crippen molar-refractivity contribution in [3.8, 4) is 0 Å². The highest BCUT2D eigenvalue weighted by molar-refractivity contribution is 7.55. The molecule has 9 nitrogen and oxygen atoms in total. The second-order valence-corrected chi connectivity index (χ2v) is 9.36. The zero-order valence-corrected chi connectivity index (χ0v) is 19.8. The molecule has 1 aromatic carbocycles. The summed E-state index contributed by atoms with van der Waals surface area (Å²) in [5, 5.41) is 0. The van der Waals surface area contributed by atoms with Gasteiger partial charge in [0.25, 0.3) is 0 Å². The first-order valence-electron chi connectivity index (χ1n) is 10.5. The quantitative estimate of drug-likeness (QED) is 0.314. The Morgan fingerprint density at radius 1 is 1.00 bits per heavy atom. The predicted molar refractivity (Wildman–Crippen MR) is 111 cm³/mol. The van der Waals surface area contributed by atoms with Crippen molar-refractivity contribution in [2.24, 2.45) is 0 Å². The van der Waals surface area contributed by atoms with Crippen molar-refractivity contribution >= 4 is 19.5 Å². The van der Waals surface area contributed by atoms with Gasteiger partial charge in [-0.2, -0.15) is 8.78 Å². The van der Waals surface area contributed by atoms with E-state index in [4.69, 9.17) is 28.0 Å². The van der Waals surface area contributed by atoms with Gasteiger partial charge < -0.3 is 28.0 Å². The van der Waals surface area contributed by atoms with Crippen LogP contribution in [0.5, 0.6) is 0 Å². The molecule has 0 amide bonds. The topological polar surface area (TPSA) is 107 Å². The largest absolute Gasteiger partial charge is 0.453 e. The SMILES string of the molecule is CCOP(=O)(OCC)C(F)(F)C[C@H]1O[C@@H](OC(C)=O)[C@H](OC(C)=O)[C@@H]1OCc1ccccc1. The number of benzene rings is 1. The molecule has 1 aliphatic rings. The van der Waals surface area contributed by atoms with E-state index in [-0.39, 0.29) is 19.8 Å². The van der Waals surface area contributed by atoms with Gasteiger partial charge in [-0.1, -0.05) is 30.3 Å². The number of halogens is 2. The number of alkyl halides is 2. The Morgan fingerprint density at radius 3 is 2.09 bits per heavy atom. The maximum atomic E-state index is 15.1. The molecule has 4 atom stereocenters. The van der Waals surface area contributed by atoms with Crippen LogP contribution in [0.3, 0.4) is 0 Å². The van der Waals surface area contributed by atoms with E-state index in [2.05, 4.69) is 0 Å². The number of carbonyl (C=O) groups excluding carboxylic acids is 2. The fraction of sp³-hybridized carbons (Fsp3) is 0.619. The van der Waals surface area contributed by atoms with Crippen molar-refractivity contribution < 1.29 is 50.9 Å². The summed E-state index contributed by atoms with van der Waals surface area (Å²) in [7, 11) is -4.86. The highest BCUT2D eigenvalue weighted by Crippen LogP contribution is 2.64. The second-order valence-electron chi connectivity index (χ2n) is 7.19. The standard InChI is InChI=1S/C21H29F2O9P/c1-5-28-33(26,29-6-2)21(22,23)12-17-18(27-13-16-10-8-7-9-11-16)19(30-14(3)24)20(32-17)31-15(4)25/h7-11,17-20H,5-6,12-13H2,1-4H3/t17-,18-,19-,20-/m1/s1.